The Kier molecular flexibility index (Phi) is 5.37. The van der Waals surface area contributed by atoms with Gasteiger partial charge in [-0.05, 0) is 36.5 Å². The van der Waals surface area contributed by atoms with Crippen LogP contribution in [-0.4, -0.2) is 76.6 Å². The number of halogens is 2. The SMILES string of the molecule is C=CC(=O)N1CCN2C(=O)c3c(N4CCC5C4[C@@H]5C)nc(-c4c(O)cccc4F)c(Cl)c3OC[C@H]2C1. The molecule has 188 valence electrons. The van der Waals surface area contributed by atoms with E-state index in [2.05, 4.69) is 18.4 Å². The van der Waals surface area contributed by atoms with Crippen LogP contribution in [0.25, 0.3) is 11.3 Å². The van der Waals surface area contributed by atoms with E-state index in [1.807, 2.05) is 0 Å². The second-order valence-corrected chi connectivity index (χ2v) is 10.3. The second-order valence-electron chi connectivity index (χ2n) is 9.88. The first kappa shape index (κ1) is 23.1. The number of amides is 2. The number of hydrogen-bond acceptors (Lipinski definition) is 6. The molecule has 2 amide bonds. The molecule has 2 saturated heterocycles. The number of piperazine rings is 1. The molecule has 4 atom stereocenters. The molecule has 8 nitrogen and oxygen atoms in total. The number of phenols is 1. The molecule has 36 heavy (non-hydrogen) atoms. The number of piperidine rings is 1. The molecule has 6 rings (SSSR count). The van der Waals surface area contributed by atoms with Crippen molar-refractivity contribution in [3.8, 4) is 22.8 Å². The van der Waals surface area contributed by atoms with Gasteiger partial charge in [0, 0.05) is 32.2 Å². The third-order valence-corrected chi connectivity index (χ3v) is 8.37. The van der Waals surface area contributed by atoms with Crippen molar-refractivity contribution in [2.24, 2.45) is 11.8 Å². The number of nitrogens with zero attached hydrogens (tertiary/aromatic N) is 4. The summed E-state index contributed by atoms with van der Waals surface area (Å²) in [5, 5.41) is 10.5. The number of hydrogen-bond donors (Lipinski definition) is 1. The zero-order chi connectivity index (χ0) is 25.3. The Balaban J connectivity index is 1.50. The Labute approximate surface area is 212 Å². The number of phenolic OH excluding ortho intramolecular Hbond substituents is 1. The van der Waals surface area contributed by atoms with Crippen LogP contribution in [0.4, 0.5) is 10.2 Å². The van der Waals surface area contributed by atoms with Gasteiger partial charge in [-0.2, -0.15) is 0 Å². The minimum Gasteiger partial charge on any atom is -0.507 e. The van der Waals surface area contributed by atoms with Crippen molar-refractivity contribution >= 4 is 29.2 Å². The van der Waals surface area contributed by atoms with Crippen LogP contribution >= 0.6 is 11.6 Å². The van der Waals surface area contributed by atoms with Crippen LogP contribution in [0.2, 0.25) is 5.02 Å². The van der Waals surface area contributed by atoms with Crippen molar-refractivity contribution in [1.82, 2.24) is 14.8 Å². The topological polar surface area (TPSA) is 86.2 Å². The maximum Gasteiger partial charge on any atom is 0.261 e. The van der Waals surface area contributed by atoms with E-state index in [9.17, 15) is 19.1 Å². The van der Waals surface area contributed by atoms with Crippen molar-refractivity contribution in [1.29, 1.82) is 0 Å². The standard InChI is InChI=1S/C26H26ClFN4O4/c1-3-18(34)30-9-10-31-14(11-30)12-36-24-20(26(31)35)25(32-8-7-15-13(2)23(15)32)29-22(21(24)27)19-16(28)5-4-6-17(19)33/h3-6,13-15,23,33H,1,7-12H2,2H3/t13-,14-,15?,23?/m1/s1. The molecule has 1 N–H and O–H groups in total. The van der Waals surface area contributed by atoms with Crippen LogP contribution in [0.5, 0.6) is 11.5 Å². The number of carbonyl (C=O) groups excluding carboxylic acids is 2. The van der Waals surface area contributed by atoms with E-state index in [0.29, 0.717) is 43.8 Å². The molecular weight excluding hydrogens is 487 g/mol. The number of pyridine rings is 1. The van der Waals surface area contributed by atoms with E-state index >= 15 is 0 Å². The van der Waals surface area contributed by atoms with Gasteiger partial charge < -0.3 is 24.5 Å². The number of benzene rings is 1. The van der Waals surface area contributed by atoms with E-state index in [1.165, 1.54) is 24.3 Å². The lowest BCUT2D eigenvalue weighted by atomic mass is 10.0. The number of fused-ring (bicyclic) bond motifs is 3. The van der Waals surface area contributed by atoms with E-state index in [1.54, 1.807) is 9.80 Å². The van der Waals surface area contributed by atoms with Gasteiger partial charge in [0.1, 0.15) is 40.3 Å². The van der Waals surface area contributed by atoms with Crippen molar-refractivity contribution < 1.29 is 23.8 Å². The minimum atomic E-state index is -0.676. The fourth-order valence-electron chi connectivity index (χ4n) is 6.05. The molecule has 3 aliphatic heterocycles. The van der Waals surface area contributed by atoms with Crippen molar-refractivity contribution in [3.05, 3.63) is 47.3 Å². The Bertz CT molecular complexity index is 1280. The highest BCUT2D eigenvalue weighted by molar-refractivity contribution is 6.35. The summed E-state index contributed by atoms with van der Waals surface area (Å²) < 4.78 is 21.1. The Morgan fingerprint density at radius 1 is 1.28 bits per heavy atom. The summed E-state index contributed by atoms with van der Waals surface area (Å²) in [7, 11) is 0. The molecule has 3 fully saturated rings. The predicted molar refractivity (Wildman–Crippen MR) is 132 cm³/mol. The quantitative estimate of drug-likeness (QED) is 0.635. The average molecular weight is 513 g/mol. The monoisotopic (exact) mass is 512 g/mol. The Hall–Kier alpha value is -3.33. The van der Waals surface area contributed by atoms with Crippen LogP contribution in [0.1, 0.15) is 23.7 Å². The summed E-state index contributed by atoms with van der Waals surface area (Å²) in [6, 6.07) is 3.85. The summed E-state index contributed by atoms with van der Waals surface area (Å²) in [4.78, 5) is 36.4. The van der Waals surface area contributed by atoms with Gasteiger partial charge >= 0.3 is 0 Å². The summed E-state index contributed by atoms with van der Waals surface area (Å²) >= 11 is 6.76. The van der Waals surface area contributed by atoms with E-state index in [0.717, 1.165) is 6.42 Å². The zero-order valence-corrected chi connectivity index (χ0v) is 20.5. The highest BCUT2D eigenvalue weighted by atomic mass is 35.5. The van der Waals surface area contributed by atoms with Gasteiger partial charge in [-0.25, -0.2) is 9.37 Å². The molecule has 4 heterocycles. The summed E-state index contributed by atoms with van der Waals surface area (Å²) in [6.07, 6.45) is 2.24. The second kappa shape index (κ2) is 8.37. The van der Waals surface area contributed by atoms with Gasteiger partial charge in [0.05, 0.1) is 11.6 Å². The van der Waals surface area contributed by atoms with Crippen molar-refractivity contribution in [3.63, 3.8) is 0 Å². The van der Waals surface area contributed by atoms with Crippen LogP contribution in [-0.2, 0) is 4.79 Å². The molecule has 1 aliphatic carbocycles. The lowest BCUT2D eigenvalue weighted by Gasteiger charge is -2.39. The highest BCUT2D eigenvalue weighted by Crippen LogP contribution is 2.54. The molecule has 1 saturated carbocycles. The largest absolute Gasteiger partial charge is 0.507 e. The molecular formula is C26H26ClFN4O4. The smallest absolute Gasteiger partial charge is 0.261 e. The number of anilines is 1. The molecule has 4 aliphatic rings. The van der Waals surface area contributed by atoms with Crippen molar-refractivity contribution in [2.45, 2.75) is 25.4 Å². The van der Waals surface area contributed by atoms with Crippen LogP contribution in [0, 0.1) is 17.7 Å². The first-order valence-corrected chi connectivity index (χ1v) is 12.5. The van der Waals surface area contributed by atoms with Gasteiger partial charge in [-0.1, -0.05) is 31.2 Å². The maximum absolute atomic E-state index is 14.9. The molecule has 0 spiro atoms. The average Bonchev–Trinajstić information content (AvgIpc) is 3.33. The first-order valence-electron chi connectivity index (χ1n) is 12.1. The summed E-state index contributed by atoms with van der Waals surface area (Å²) in [6.45, 7) is 7.56. The van der Waals surface area contributed by atoms with E-state index in [4.69, 9.17) is 21.3 Å². The number of rotatable bonds is 3. The van der Waals surface area contributed by atoms with Gasteiger partial charge in [0.25, 0.3) is 5.91 Å². The lowest BCUT2D eigenvalue weighted by molar-refractivity contribution is -0.128. The Morgan fingerprint density at radius 3 is 2.78 bits per heavy atom. The van der Waals surface area contributed by atoms with Crippen LogP contribution in [0.15, 0.2) is 30.9 Å². The van der Waals surface area contributed by atoms with Gasteiger partial charge in [-0.3, -0.25) is 9.59 Å². The van der Waals surface area contributed by atoms with Crippen molar-refractivity contribution in [2.75, 3.05) is 37.7 Å². The zero-order valence-electron chi connectivity index (χ0n) is 19.8. The molecule has 1 aromatic carbocycles. The number of aromatic hydroxyl groups is 1. The number of carbonyl (C=O) groups is 2. The maximum atomic E-state index is 14.9. The molecule has 10 heteroatoms. The fourth-order valence-corrected chi connectivity index (χ4v) is 6.34. The summed E-state index contributed by atoms with van der Waals surface area (Å²) in [5.74, 6) is 0.0644. The minimum absolute atomic E-state index is 0.0269. The third-order valence-electron chi connectivity index (χ3n) is 8.01. The predicted octanol–water partition coefficient (Wildman–Crippen LogP) is 3.32. The van der Waals surface area contributed by atoms with Gasteiger partial charge in [-0.15, -0.1) is 0 Å². The first-order chi connectivity index (χ1) is 17.3. The molecule has 0 bridgehead atoms. The molecule has 1 aromatic heterocycles. The lowest BCUT2D eigenvalue weighted by Crippen LogP contribution is -2.57. The summed E-state index contributed by atoms with van der Waals surface area (Å²) in [5.41, 5.74) is 0.158. The van der Waals surface area contributed by atoms with Crippen LogP contribution < -0.4 is 9.64 Å². The highest BCUT2D eigenvalue weighted by Gasteiger charge is 2.56. The number of aromatic nitrogens is 1. The van der Waals surface area contributed by atoms with Crippen LogP contribution in [0.3, 0.4) is 0 Å². The van der Waals surface area contributed by atoms with E-state index in [-0.39, 0.29) is 63.8 Å². The Morgan fingerprint density at radius 2 is 2.08 bits per heavy atom. The van der Waals surface area contributed by atoms with E-state index < -0.39 is 5.82 Å². The molecule has 2 unspecified atom stereocenters. The number of ether oxygens (including phenoxy) is 1. The third kappa shape index (κ3) is 3.36. The normalized spacial score (nSPS) is 26.5. The van der Waals surface area contributed by atoms with Gasteiger partial charge in [0.15, 0.2) is 5.75 Å². The fraction of sp³-hybridized carbons (Fsp3) is 0.423. The molecule has 2 aromatic rings. The van der Waals surface area contributed by atoms with Gasteiger partial charge in [0.2, 0.25) is 5.91 Å². The molecule has 0 radical (unpaired) electrons.